The maximum Gasteiger partial charge on any atom is 0.407 e. The minimum absolute atomic E-state index is 0.394. The van der Waals surface area contributed by atoms with E-state index in [1.807, 2.05) is 0 Å². The molecule has 0 atom stereocenters. The molecule has 0 saturated heterocycles. The monoisotopic (exact) mass is 187 g/mol. The third-order valence-corrected chi connectivity index (χ3v) is 1.23. The number of alkyl carbamates (subject to hydrolysis) is 1. The predicted molar refractivity (Wildman–Crippen MR) is 52.9 cm³/mol. The van der Waals surface area contributed by atoms with Gasteiger partial charge >= 0.3 is 6.09 Å². The molecule has 0 aromatic carbocycles. The Bertz CT molecular complexity index is 165. The molecule has 0 aromatic heterocycles. The van der Waals surface area contributed by atoms with Crippen molar-refractivity contribution in [3.63, 3.8) is 0 Å². The summed E-state index contributed by atoms with van der Waals surface area (Å²) in [5, 5.41) is 11.5. The van der Waals surface area contributed by atoms with Gasteiger partial charge in [-0.15, -0.1) is 0 Å². The lowest BCUT2D eigenvalue weighted by atomic mass is 9.68. The van der Waals surface area contributed by atoms with Crippen molar-refractivity contribution in [3.05, 3.63) is 0 Å². The van der Waals surface area contributed by atoms with Crippen LogP contribution >= 0.6 is 0 Å². The molecular weight excluding hydrogens is 169 g/mol. The van der Waals surface area contributed by atoms with Crippen LogP contribution < -0.4 is 5.32 Å². The van der Waals surface area contributed by atoms with Crippen molar-refractivity contribution in [1.29, 1.82) is 0 Å². The molecule has 2 N–H and O–H groups in total. The number of nitrogens with one attached hydrogen (secondary N) is 1. The van der Waals surface area contributed by atoms with E-state index in [4.69, 9.17) is 9.76 Å². The van der Waals surface area contributed by atoms with Crippen LogP contribution in [0.4, 0.5) is 4.79 Å². The Hall–Kier alpha value is -0.705. The highest BCUT2D eigenvalue weighted by molar-refractivity contribution is 6.48. The summed E-state index contributed by atoms with van der Waals surface area (Å²) in [6, 6.07) is 0. The van der Waals surface area contributed by atoms with Gasteiger partial charge in [-0.1, -0.05) is 6.82 Å². The number of carbonyl (C=O) groups is 1. The molecule has 5 heteroatoms. The summed E-state index contributed by atoms with van der Waals surface area (Å²) >= 11 is 0. The summed E-state index contributed by atoms with van der Waals surface area (Å²) in [7, 11) is 0. The van der Waals surface area contributed by atoms with E-state index >= 15 is 0 Å². The molecule has 13 heavy (non-hydrogen) atoms. The van der Waals surface area contributed by atoms with Crippen LogP contribution in [0.15, 0.2) is 0 Å². The predicted octanol–water partition coefficient (Wildman–Crippen LogP) is 1.12. The fourth-order valence-electron chi connectivity index (χ4n) is 0.697. The Kier molecular flexibility index (Phi) is 4.84. The summed E-state index contributed by atoms with van der Waals surface area (Å²) < 4.78 is 4.99. The molecule has 0 aliphatic carbocycles. The topological polar surface area (TPSA) is 58.6 Å². The van der Waals surface area contributed by atoms with Crippen LogP contribution in [-0.4, -0.2) is 30.2 Å². The molecule has 0 fully saturated rings. The van der Waals surface area contributed by atoms with Crippen LogP contribution in [0.1, 0.15) is 20.8 Å². The Labute approximate surface area is 79.8 Å². The second kappa shape index (κ2) is 5.12. The van der Waals surface area contributed by atoms with Gasteiger partial charge in [-0.05, 0) is 27.1 Å². The van der Waals surface area contributed by atoms with Gasteiger partial charge in [0.25, 0.3) is 6.92 Å². The number of carbonyl (C=O) groups excluding carboxylic acids is 1. The van der Waals surface area contributed by atoms with Crippen molar-refractivity contribution in [2.45, 2.75) is 39.5 Å². The molecule has 0 saturated carbocycles. The highest BCUT2D eigenvalue weighted by atomic mass is 16.6. The largest absolute Gasteiger partial charge is 0.451 e. The minimum Gasteiger partial charge on any atom is -0.451 e. The smallest absolute Gasteiger partial charge is 0.407 e. The van der Waals surface area contributed by atoms with Crippen molar-refractivity contribution in [2.24, 2.45) is 0 Å². The summed E-state index contributed by atoms with van der Waals surface area (Å²) in [6.45, 7) is 7.14. The quantitative estimate of drug-likeness (QED) is 0.651. The molecule has 0 aliphatic heterocycles. The lowest BCUT2D eigenvalue weighted by Gasteiger charge is -2.19. The molecule has 0 spiro atoms. The maximum atomic E-state index is 11.0. The highest BCUT2D eigenvalue weighted by Crippen LogP contribution is 2.06. The van der Waals surface area contributed by atoms with E-state index in [9.17, 15) is 4.79 Å². The van der Waals surface area contributed by atoms with Crippen LogP contribution in [0.3, 0.4) is 0 Å². The van der Waals surface area contributed by atoms with Gasteiger partial charge in [0.05, 0.1) is 0 Å². The molecule has 0 heterocycles. The molecule has 4 nitrogen and oxygen atoms in total. The standard InChI is InChI=1S/C8H18BNO3/c1-8(2,3)13-7(11)10-6-5-9(4)12/h12H,5-6H2,1-4H3,(H,10,11). The Morgan fingerprint density at radius 1 is 1.54 bits per heavy atom. The van der Waals surface area contributed by atoms with Gasteiger partial charge in [-0.25, -0.2) is 4.79 Å². The van der Waals surface area contributed by atoms with Gasteiger partial charge in [-0.2, -0.15) is 0 Å². The third kappa shape index (κ3) is 9.21. The number of ether oxygens (including phenoxy) is 1. The summed E-state index contributed by atoms with van der Waals surface area (Å²) in [6.07, 6.45) is 0.104. The van der Waals surface area contributed by atoms with Crippen molar-refractivity contribution >= 4 is 13.0 Å². The fourth-order valence-corrected chi connectivity index (χ4v) is 0.697. The Morgan fingerprint density at radius 3 is 2.46 bits per heavy atom. The van der Waals surface area contributed by atoms with Crippen LogP contribution in [0.2, 0.25) is 13.1 Å². The number of hydrogen-bond donors (Lipinski definition) is 2. The van der Waals surface area contributed by atoms with Crippen LogP contribution in [0.25, 0.3) is 0 Å². The van der Waals surface area contributed by atoms with E-state index in [0.717, 1.165) is 0 Å². The molecule has 0 rings (SSSR count). The summed E-state index contributed by atoms with van der Waals surface area (Å²) in [5.74, 6) is 0. The van der Waals surface area contributed by atoms with Gasteiger partial charge < -0.3 is 15.1 Å². The first-order valence-electron chi connectivity index (χ1n) is 4.46. The summed E-state index contributed by atoms with van der Waals surface area (Å²) in [5.41, 5.74) is -0.463. The van der Waals surface area contributed by atoms with Crippen molar-refractivity contribution in [1.82, 2.24) is 5.32 Å². The van der Waals surface area contributed by atoms with Crippen LogP contribution in [0, 0.1) is 0 Å². The molecule has 1 amide bonds. The average molecular weight is 187 g/mol. The molecule has 0 aromatic rings. The molecule has 0 bridgehead atoms. The van der Waals surface area contributed by atoms with Crippen molar-refractivity contribution in [2.75, 3.05) is 6.54 Å². The number of amides is 1. The zero-order chi connectivity index (χ0) is 10.5. The molecular formula is C8H18BNO3. The first kappa shape index (κ1) is 12.3. The third-order valence-electron chi connectivity index (χ3n) is 1.23. The van der Waals surface area contributed by atoms with E-state index in [1.54, 1.807) is 27.6 Å². The molecule has 0 unspecified atom stereocenters. The van der Waals surface area contributed by atoms with Crippen LogP contribution in [0.5, 0.6) is 0 Å². The minimum atomic E-state index is -0.463. The normalized spacial score (nSPS) is 10.8. The molecule has 0 aliphatic rings. The van der Waals surface area contributed by atoms with Crippen LogP contribution in [-0.2, 0) is 4.74 Å². The Morgan fingerprint density at radius 2 is 2.08 bits per heavy atom. The van der Waals surface area contributed by atoms with Crippen molar-refractivity contribution in [3.8, 4) is 0 Å². The van der Waals surface area contributed by atoms with Gasteiger partial charge in [0.1, 0.15) is 5.60 Å². The number of rotatable bonds is 3. The van der Waals surface area contributed by atoms with E-state index in [2.05, 4.69) is 5.32 Å². The zero-order valence-electron chi connectivity index (χ0n) is 8.76. The molecule has 0 radical (unpaired) electrons. The lowest BCUT2D eigenvalue weighted by Crippen LogP contribution is -2.33. The second-order valence-electron chi connectivity index (χ2n) is 4.07. The van der Waals surface area contributed by atoms with Crippen molar-refractivity contribution < 1.29 is 14.6 Å². The van der Waals surface area contributed by atoms with Gasteiger partial charge in [0, 0.05) is 6.54 Å². The van der Waals surface area contributed by atoms with E-state index in [0.29, 0.717) is 12.9 Å². The van der Waals surface area contributed by atoms with Gasteiger partial charge in [-0.3, -0.25) is 0 Å². The highest BCUT2D eigenvalue weighted by Gasteiger charge is 2.15. The molecule has 76 valence electrons. The van der Waals surface area contributed by atoms with E-state index < -0.39 is 18.6 Å². The fraction of sp³-hybridized carbons (Fsp3) is 0.875. The van der Waals surface area contributed by atoms with E-state index in [1.165, 1.54) is 0 Å². The first-order chi connectivity index (χ1) is 5.81. The SMILES string of the molecule is CB(O)CCNC(=O)OC(C)(C)C. The Balaban J connectivity index is 3.53. The first-order valence-corrected chi connectivity index (χ1v) is 4.46. The summed E-state index contributed by atoms with van der Waals surface area (Å²) in [4.78, 5) is 11.0. The maximum absolute atomic E-state index is 11.0. The van der Waals surface area contributed by atoms with Gasteiger partial charge in [0.2, 0.25) is 0 Å². The van der Waals surface area contributed by atoms with E-state index in [-0.39, 0.29) is 0 Å². The lowest BCUT2D eigenvalue weighted by molar-refractivity contribution is 0.0530. The zero-order valence-corrected chi connectivity index (χ0v) is 8.76. The number of hydrogen-bond acceptors (Lipinski definition) is 3. The average Bonchev–Trinajstić information content (AvgIpc) is 1.81. The second-order valence-corrected chi connectivity index (χ2v) is 4.07. The van der Waals surface area contributed by atoms with Gasteiger partial charge in [0.15, 0.2) is 0 Å².